The largest absolute Gasteiger partial charge is 0.459 e. The molecule has 1 aromatic carbocycles. The Morgan fingerprint density at radius 1 is 1.03 bits per heavy atom. The van der Waals surface area contributed by atoms with Crippen LogP contribution < -0.4 is 16.4 Å². The van der Waals surface area contributed by atoms with E-state index < -0.39 is 5.91 Å². The van der Waals surface area contributed by atoms with Gasteiger partial charge in [-0.15, -0.1) is 24.0 Å². The van der Waals surface area contributed by atoms with Gasteiger partial charge in [-0.25, -0.2) is 4.99 Å². The SMILES string of the molecule is CCNC(=NCc1ccc(C(=O)NCC(N)=O)cc1)N1CCN(C(=O)c2ccco2)CC1.I. The van der Waals surface area contributed by atoms with Crippen LogP contribution in [-0.4, -0.2) is 72.7 Å². The second-order valence-corrected chi connectivity index (χ2v) is 7.27. The van der Waals surface area contributed by atoms with E-state index >= 15 is 0 Å². The first kappa shape index (κ1) is 26.2. The number of rotatable bonds is 7. The predicted octanol–water partition coefficient (Wildman–Crippen LogP) is 1.04. The minimum absolute atomic E-state index is 0. The highest BCUT2D eigenvalue weighted by molar-refractivity contribution is 14.0. The van der Waals surface area contributed by atoms with E-state index in [-0.39, 0.29) is 42.3 Å². The number of carbonyl (C=O) groups is 3. The van der Waals surface area contributed by atoms with Crippen LogP contribution in [-0.2, 0) is 11.3 Å². The number of hydrogen-bond donors (Lipinski definition) is 3. The maximum absolute atomic E-state index is 12.4. The molecule has 2 aromatic rings. The van der Waals surface area contributed by atoms with Gasteiger partial charge in [0.1, 0.15) is 0 Å². The van der Waals surface area contributed by atoms with Crippen molar-refractivity contribution in [3.05, 3.63) is 59.5 Å². The van der Waals surface area contributed by atoms with Gasteiger partial charge in [0.15, 0.2) is 11.7 Å². The number of nitrogens with one attached hydrogen (secondary N) is 2. The summed E-state index contributed by atoms with van der Waals surface area (Å²) < 4.78 is 5.21. The topological polar surface area (TPSA) is 133 Å². The molecule has 1 saturated heterocycles. The number of piperazine rings is 1. The Hall–Kier alpha value is -3.09. The molecule has 11 heteroatoms. The van der Waals surface area contributed by atoms with Gasteiger partial charge < -0.3 is 30.6 Å². The summed E-state index contributed by atoms with van der Waals surface area (Å²) >= 11 is 0. The highest BCUT2D eigenvalue weighted by atomic mass is 127. The molecule has 1 aliphatic rings. The number of halogens is 1. The lowest BCUT2D eigenvalue weighted by atomic mass is 10.1. The normalized spacial score (nSPS) is 13.8. The Morgan fingerprint density at radius 3 is 2.27 bits per heavy atom. The quantitative estimate of drug-likeness (QED) is 0.260. The van der Waals surface area contributed by atoms with Crippen molar-refractivity contribution >= 4 is 47.7 Å². The number of furan rings is 1. The number of benzene rings is 1. The Balaban J connectivity index is 0.00000385. The lowest BCUT2D eigenvalue weighted by molar-refractivity contribution is -0.117. The molecule has 0 bridgehead atoms. The second-order valence-electron chi connectivity index (χ2n) is 7.27. The van der Waals surface area contributed by atoms with Gasteiger partial charge >= 0.3 is 0 Å². The minimum Gasteiger partial charge on any atom is -0.459 e. The van der Waals surface area contributed by atoms with Crippen molar-refractivity contribution in [3.63, 3.8) is 0 Å². The second kappa shape index (κ2) is 12.8. The van der Waals surface area contributed by atoms with Crippen molar-refractivity contribution in [1.29, 1.82) is 0 Å². The lowest BCUT2D eigenvalue weighted by Crippen LogP contribution is -2.53. The van der Waals surface area contributed by atoms with Crippen molar-refractivity contribution in [2.24, 2.45) is 10.7 Å². The van der Waals surface area contributed by atoms with Gasteiger partial charge in [-0.3, -0.25) is 14.4 Å². The Labute approximate surface area is 209 Å². The molecule has 33 heavy (non-hydrogen) atoms. The summed E-state index contributed by atoms with van der Waals surface area (Å²) in [5, 5.41) is 5.75. The first-order valence-corrected chi connectivity index (χ1v) is 10.5. The lowest BCUT2D eigenvalue weighted by Gasteiger charge is -2.36. The van der Waals surface area contributed by atoms with Crippen LogP contribution >= 0.6 is 24.0 Å². The van der Waals surface area contributed by atoms with E-state index in [0.717, 1.165) is 18.1 Å². The van der Waals surface area contributed by atoms with Crippen LogP contribution in [0.3, 0.4) is 0 Å². The third-order valence-corrected chi connectivity index (χ3v) is 4.98. The molecule has 2 heterocycles. The monoisotopic (exact) mass is 568 g/mol. The van der Waals surface area contributed by atoms with E-state index in [0.29, 0.717) is 44.0 Å². The minimum atomic E-state index is -0.591. The zero-order valence-corrected chi connectivity index (χ0v) is 20.8. The molecular weight excluding hydrogens is 539 g/mol. The number of hydrogen-bond acceptors (Lipinski definition) is 5. The molecule has 10 nitrogen and oxygen atoms in total. The van der Waals surface area contributed by atoms with Gasteiger partial charge in [0.2, 0.25) is 5.91 Å². The number of nitrogens with two attached hydrogens (primary N) is 1. The Kier molecular flexibility index (Phi) is 10.2. The number of primary amides is 1. The summed E-state index contributed by atoms with van der Waals surface area (Å²) in [4.78, 5) is 43.8. The van der Waals surface area contributed by atoms with Crippen LogP contribution in [0.1, 0.15) is 33.4 Å². The molecule has 1 aromatic heterocycles. The van der Waals surface area contributed by atoms with E-state index in [4.69, 9.17) is 15.1 Å². The number of aliphatic imine (C=N–C) groups is 1. The Morgan fingerprint density at radius 2 is 1.70 bits per heavy atom. The summed E-state index contributed by atoms with van der Waals surface area (Å²) in [5.74, 6) is 0.0868. The molecule has 0 saturated carbocycles. The molecule has 0 aliphatic carbocycles. The average Bonchev–Trinajstić information content (AvgIpc) is 3.35. The van der Waals surface area contributed by atoms with Crippen molar-refractivity contribution in [2.75, 3.05) is 39.3 Å². The van der Waals surface area contributed by atoms with Crippen LogP contribution in [0.15, 0.2) is 52.1 Å². The molecule has 4 N–H and O–H groups in total. The Bertz CT molecular complexity index is 954. The molecule has 0 radical (unpaired) electrons. The van der Waals surface area contributed by atoms with Crippen LogP contribution in [0.25, 0.3) is 0 Å². The summed E-state index contributed by atoms with van der Waals surface area (Å²) in [7, 11) is 0. The van der Waals surface area contributed by atoms with E-state index in [2.05, 4.69) is 15.5 Å². The fourth-order valence-electron chi connectivity index (χ4n) is 3.30. The molecule has 1 fully saturated rings. The zero-order chi connectivity index (χ0) is 22.9. The summed E-state index contributed by atoms with van der Waals surface area (Å²) in [6.45, 7) is 5.47. The van der Waals surface area contributed by atoms with Crippen molar-refractivity contribution in [1.82, 2.24) is 20.4 Å². The predicted molar refractivity (Wildman–Crippen MR) is 134 cm³/mol. The van der Waals surface area contributed by atoms with E-state index in [9.17, 15) is 14.4 Å². The van der Waals surface area contributed by atoms with Gasteiger partial charge in [0, 0.05) is 38.3 Å². The maximum Gasteiger partial charge on any atom is 0.289 e. The molecule has 3 rings (SSSR count). The van der Waals surface area contributed by atoms with Crippen LogP contribution in [0.2, 0.25) is 0 Å². The average molecular weight is 568 g/mol. The van der Waals surface area contributed by atoms with Crippen LogP contribution in [0, 0.1) is 0 Å². The first-order chi connectivity index (χ1) is 15.5. The molecular formula is C22H29IN6O4. The van der Waals surface area contributed by atoms with E-state index in [1.165, 1.54) is 6.26 Å². The summed E-state index contributed by atoms with van der Waals surface area (Å²) in [6.07, 6.45) is 1.50. The standard InChI is InChI=1S/C22H28N6O4.HI/c1-2-24-22(28-11-9-27(10-12-28)21(31)18-4-3-13-32-18)26-14-16-5-7-17(8-6-16)20(30)25-15-19(23)29;/h3-8,13H,2,9-12,14-15H2,1H3,(H2,23,29)(H,24,26)(H,25,30);1H. The molecule has 0 atom stereocenters. The number of carbonyl (C=O) groups excluding carboxylic acids is 3. The fourth-order valence-corrected chi connectivity index (χ4v) is 3.30. The zero-order valence-electron chi connectivity index (χ0n) is 18.5. The summed E-state index contributed by atoms with van der Waals surface area (Å²) in [6, 6.07) is 10.4. The van der Waals surface area contributed by atoms with Gasteiger partial charge in [0.25, 0.3) is 11.8 Å². The van der Waals surface area contributed by atoms with Gasteiger partial charge in [0.05, 0.1) is 19.4 Å². The first-order valence-electron chi connectivity index (χ1n) is 10.5. The highest BCUT2D eigenvalue weighted by Crippen LogP contribution is 2.11. The number of guanidine groups is 1. The van der Waals surface area contributed by atoms with Crippen LogP contribution in [0.5, 0.6) is 0 Å². The molecule has 0 unspecified atom stereocenters. The van der Waals surface area contributed by atoms with E-state index in [1.807, 2.05) is 19.1 Å². The fraction of sp³-hybridized carbons (Fsp3) is 0.364. The molecule has 178 valence electrons. The van der Waals surface area contributed by atoms with Crippen molar-refractivity contribution in [3.8, 4) is 0 Å². The summed E-state index contributed by atoms with van der Waals surface area (Å²) in [5.41, 5.74) is 6.43. The van der Waals surface area contributed by atoms with Gasteiger partial charge in [-0.2, -0.15) is 0 Å². The van der Waals surface area contributed by atoms with Crippen molar-refractivity contribution in [2.45, 2.75) is 13.5 Å². The maximum atomic E-state index is 12.4. The smallest absolute Gasteiger partial charge is 0.289 e. The number of amides is 3. The molecule has 3 amide bonds. The molecule has 0 spiro atoms. The van der Waals surface area contributed by atoms with Crippen molar-refractivity contribution < 1.29 is 18.8 Å². The van der Waals surface area contributed by atoms with E-state index in [1.54, 1.807) is 29.2 Å². The van der Waals surface area contributed by atoms with Gasteiger partial charge in [-0.05, 0) is 36.8 Å². The third-order valence-electron chi connectivity index (χ3n) is 4.98. The highest BCUT2D eigenvalue weighted by Gasteiger charge is 2.25. The number of nitrogens with zero attached hydrogens (tertiary/aromatic N) is 3. The third kappa shape index (κ3) is 7.48. The molecule has 1 aliphatic heterocycles. The van der Waals surface area contributed by atoms with Crippen LogP contribution in [0.4, 0.5) is 0 Å². The van der Waals surface area contributed by atoms with Gasteiger partial charge in [-0.1, -0.05) is 12.1 Å².